The molecule has 0 radical (unpaired) electrons. The molecule has 2 heterocycles. The first kappa shape index (κ1) is 30.3. The number of hydrogen-bond donors (Lipinski definition) is 8. The van der Waals surface area contributed by atoms with Crippen LogP contribution in [0.15, 0.2) is 25.0 Å². The molecule has 4 amide bonds. The smallest absolute Gasteiger partial charge is 0.326 e. The van der Waals surface area contributed by atoms with Gasteiger partial charge in [-0.05, 0) is 24.9 Å². The molecule has 2 aromatic rings. The topological polar surface area (TPSA) is 251 Å². The number of nitrogens with one attached hydrogen (secondary N) is 5. The minimum Gasteiger partial charge on any atom is -0.480 e. The summed E-state index contributed by atoms with van der Waals surface area (Å²) in [7, 11) is 0. The van der Waals surface area contributed by atoms with Crippen molar-refractivity contribution >= 4 is 41.4 Å². The number of nitrogens with two attached hydrogens (primary N) is 2. The van der Waals surface area contributed by atoms with E-state index in [4.69, 9.17) is 11.5 Å². The van der Waals surface area contributed by atoms with Crippen LogP contribution in [0, 0.1) is 0 Å². The van der Waals surface area contributed by atoms with Crippen LogP contribution in [0.1, 0.15) is 30.7 Å². The van der Waals surface area contributed by atoms with Gasteiger partial charge in [0, 0.05) is 43.0 Å². The van der Waals surface area contributed by atoms with Crippen LogP contribution < -0.4 is 27.4 Å². The standard InChI is InChI=1S/C22H33N9O6S/c1-38-5-4-15(22(36)37)29-20(34)17(7-13-9-26-11-28-13)31-21(35)16(6-12-8-25-10-27-12)30-19(33)14(23)2-3-18(24)32/h8-11,14-17H,2-7,23H2,1H3,(H2,24,32)(H,25,27)(H,26,28)(H,29,34)(H,30,33)(H,31,35)(H,36,37). The van der Waals surface area contributed by atoms with Crippen molar-refractivity contribution < 1.29 is 29.1 Å². The van der Waals surface area contributed by atoms with Crippen LogP contribution in [0.5, 0.6) is 0 Å². The van der Waals surface area contributed by atoms with Crippen molar-refractivity contribution in [3.05, 3.63) is 36.4 Å². The highest BCUT2D eigenvalue weighted by Crippen LogP contribution is 2.06. The summed E-state index contributed by atoms with van der Waals surface area (Å²) >= 11 is 1.43. The molecule has 2 rings (SSSR count). The zero-order chi connectivity index (χ0) is 28.1. The third kappa shape index (κ3) is 10.2. The fourth-order valence-electron chi connectivity index (χ4n) is 3.40. The Morgan fingerprint density at radius 3 is 1.82 bits per heavy atom. The molecular formula is C22H33N9O6S. The molecular weight excluding hydrogens is 518 g/mol. The lowest BCUT2D eigenvalue weighted by molar-refractivity contribution is -0.142. The summed E-state index contributed by atoms with van der Waals surface area (Å²) in [6.45, 7) is 0. The summed E-state index contributed by atoms with van der Waals surface area (Å²) in [5.41, 5.74) is 12.0. The number of rotatable bonds is 17. The van der Waals surface area contributed by atoms with Crippen molar-refractivity contribution in [2.24, 2.45) is 11.5 Å². The predicted molar refractivity (Wildman–Crippen MR) is 137 cm³/mol. The first-order valence-electron chi connectivity index (χ1n) is 11.7. The summed E-state index contributed by atoms with van der Waals surface area (Å²) in [5.74, 6) is -3.44. The molecule has 0 fully saturated rings. The Kier molecular flexibility index (Phi) is 12.2. The molecule has 10 N–H and O–H groups in total. The van der Waals surface area contributed by atoms with Gasteiger partial charge in [0.1, 0.15) is 18.1 Å². The number of nitrogens with zero attached hydrogens (tertiary/aromatic N) is 2. The van der Waals surface area contributed by atoms with Gasteiger partial charge < -0.3 is 42.5 Å². The molecule has 2 aromatic heterocycles. The number of carboxylic acid groups (broad SMARTS) is 1. The van der Waals surface area contributed by atoms with E-state index >= 15 is 0 Å². The van der Waals surface area contributed by atoms with Gasteiger partial charge in [-0.1, -0.05) is 0 Å². The molecule has 0 aliphatic rings. The Morgan fingerprint density at radius 1 is 0.895 bits per heavy atom. The first-order chi connectivity index (χ1) is 18.1. The summed E-state index contributed by atoms with van der Waals surface area (Å²) in [4.78, 5) is 75.2. The number of aromatic nitrogens is 4. The van der Waals surface area contributed by atoms with Gasteiger partial charge >= 0.3 is 5.97 Å². The normalized spacial score (nSPS) is 14.1. The Bertz CT molecular complexity index is 1060. The minimum atomic E-state index is -1.20. The number of carbonyl (C=O) groups excluding carboxylic acids is 4. The SMILES string of the molecule is CSCCC(NC(=O)C(Cc1cnc[nH]1)NC(=O)C(Cc1cnc[nH]1)NC(=O)C(N)CCC(N)=O)C(=O)O. The molecule has 208 valence electrons. The molecule has 16 heteroatoms. The van der Waals surface area contributed by atoms with Crippen molar-refractivity contribution in [1.29, 1.82) is 0 Å². The second-order valence-corrected chi connectivity index (χ2v) is 9.46. The van der Waals surface area contributed by atoms with Gasteiger partial charge in [0.25, 0.3) is 0 Å². The number of imidazole rings is 2. The largest absolute Gasteiger partial charge is 0.480 e. The monoisotopic (exact) mass is 551 g/mol. The molecule has 4 atom stereocenters. The molecule has 0 bridgehead atoms. The number of thioether (sulfide) groups is 1. The van der Waals surface area contributed by atoms with Crippen molar-refractivity contribution in [1.82, 2.24) is 35.9 Å². The average molecular weight is 552 g/mol. The number of H-pyrrole nitrogens is 2. The van der Waals surface area contributed by atoms with Gasteiger partial charge in [0.05, 0.1) is 18.7 Å². The van der Waals surface area contributed by atoms with Gasteiger partial charge in [-0.25, -0.2) is 14.8 Å². The molecule has 0 aromatic carbocycles. The highest BCUT2D eigenvalue weighted by Gasteiger charge is 2.31. The Labute approximate surface area is 222 Å². The van der Waals surface area contributed by atoms with Crippen LogP contribution in [-0.4, -0.2) is 90.8 Å². The molecule has 15 nitrogen and oxygen atoms in total. The van der Waals surface area contributed by atoms with Gasteiger partial charge in [0.2, 0.25) is 23.6 Å². The maximum atomic E-state index is 13.3. The lowest BCUT2D eigenvalue weighted by Gasteiger charge is -2.25. The highest BCUT2D eigenvalue weighted by atomic mass is 32.2. The van der Waals surface area contributed by atoms with E-state index in [0.29, 0.717) is 17.1 Å². The Morgan fingerprint density at radius 2 is 1.39 bits per heavy atom. The number of aliphatic carboxylic acids is 1. The van der Waals surface area contributed by atoms with Gasteiger partial charge in [-0.3, -0.25) is 19.2 Å². The lowest BCUT2D eigenvalue weighted by Crippen LogP contribution is -2.58. The fourth-order valence-corrected chi connectivity index (χ4v) is 3.87. The number of amides is 4. The summed E-state index contributed by atoms with van der Waals surface area (Å²) in [6, 6.07) is -4.62. The molecule has 0 spiro atoms. The molecule has 0 saturated heterocycles. The van der Waals surface area contributed by atoms with Crippen molar-refractivity contribution in [2.75, 3.05) is 12.0 Å². The highest BCUT2D eigenvalue weighted by molar-refractivity contribution is 7.98. The molecule has 4 unspecified atom stereocenters. The van der Waals surface area contributed by atoms with E-state index in [1.165, 1.54) is 36.8 Å². The van der Waals surface area contributed by atoms with E-state index in [9.17, 15) is 29.1 Å². The second-order valence-electron chi connectivity index (χ2n) is 8.48. The Hall–Kier alpha value is -3.92. The Balaban J connectivity index is 2.21. The maximum Gasteiger partial charge on any atom is 0.326 e. The lowest BCUT2D eigenvalue weighted by atomic mass is 10.1. The van der Waals surface area contributed by atoms with Crippen molar-refractivity contribution in [2.45, 2.75) is 56.3 Å². The van der Waals surface area contributed by atoms with E-state index in [2.05, 4.69) is 35.9 Å². The van der Waals surface area contributed by atoms with Crippen LogP contribution in [0.25, 0.3) is 0 Å². The minimum absolute atomic E-state index is 0.00994. The van der Waals surface area contributed by atoms with Crippen LogP contribution >= 0.6 is 11.8 Å². The van der Waals surface area contributed by atoms with E-state index in [-0.39, 0.29) is 32.1 Å². The third-order valence-electron chi connectivity index (χ3n) is 5.49. The predicted octanol–water partition coefficient (Wildman–Crippen LogP) is -2.20. The van der Waals surface area contributed by atoms with Gasteiger partial charge in [-0.15, -0.1) is 0 Å². The zero-order valence-corrected chi connectivity index (χ0v) is 21.6. The van der Waals surface area contributed by atoms with Crippen LogP contribution in [0.2, 0.25) is 0 Å². The molecule has 0 saturated carbocycles. The van der Waals surface area contributed by atoms with Crippen molar-refractivity contribution in [3.63, 3.8) is 0 Å². The molecule has 38 heavy (non-hydrogen) atoms. The third-order valence-corrected chi connectivity index (χ3v) is 6.13. The first-order valence-corrected chi connectivity index (χ1v) is 13.1. The van der Waals surface area contributed by atoms with E-state index in [1.807, 2.05) is 6.26 Å². The second kappa shape index (κ2) is 15.4. The number of hydrogen-bond acceptors (Lipinski definition) is 9. The number of carbonyl (C=O) groups is 5. The molecule has 0 aliphatic carbocycles. The number of aromatic amines is 2. The summed E-state index contributed by atoms with van der Waals surface area (Å²) < 4.78 is 0. The number of carboxylic acids is 1. The van der Waals surface area contributed by atoms with Crippen LogP contribution in [0.4, 0.5) is 0 Å². The van der Waals surface area contributed by atoms with Gasteiger partial charge in [-0.2, -0.15) is 11.8 Å². The zero-order valence-electron chi connectivity index (χ0n) is 20.8. The van der Waals surface area contributed by atoms with Gasteiger partial charge in [0.15, 0.2) is 0 Å². The number of primary amides is 1. The maximum absolute atomic E-state index is 13.3. The fraction of sp³-hybridized carbons (Fsp3) is 0.500. The van der Waals surface area contributed by atoms with Crippen LogP contribution in [0.3, 0.4) is 0 Å². The summed E-state index contributed by atoms with van der Waals surface area (Å²) in [6.07, 6.45) is 7.59. The summed E-state index contributed by atoms with van der Waals surface area (Å²) in [5, 5.41) is 17.1. The van der Waals surface area contributed by atoms with Crippen LogP contribution in [-0.2, 0) is 36.8 Å². The van der Waals surface area contributed by atoms with Crippen molar-refractivity contribution in [3.8, 4) is 0 Å². The average Bonchev–Trinajstić information content (AvgIpc) is 3.58. The van der Waals surface area contributed by atoms with E-state index in [0.717, 1.165) is 0 Å². The molecule has 0 aliphatic heterocycles. The van der Waals surface area contributed by atoms with E-state index < -0.39 is 53.8 Å². The quantitative estimate of drug-likeness (QED) is 0.105. The van der Waals surface area contributed by atoms with E-state index in [1.54, 1.807) is 0 Å².